The molecule has 0 radical (unpaired) electrons. The van der Waals surface area contributed by atoms with Crippen LogP contribution in [0.4, 0.5) is 27.9 Å². The highest BCUT2D eigenvalue weighted by molar-refractivity contribution is 9.10. The van der Waals surface area contributed by atoms with Crippen LogP contribution in [0.1, 0.15) is 18.6 Å². The van der Waals surface area contributed by atoms with E-state index >= 15 is 0 Å². The van der Waals surface area contributed by atoms with Crippen LogP contribution in [0.15, 0.2) is 57.7 Å². The number of furan rings is 1. The molecule has 1 aromatic carbocycles. The molecule has 1 fully saturated rings. The first kappa shape index (κ1) is 19.3. The second-order valence-electron chi connectivity index (χ2n) is 6.65. The van der Waals surface area contributed by atoms with Crippen LogP contribution in [0.5, 0.6) is 0 Å². The van der Waals surface area contributed by atoms with Gasteiger partial charge in [-0.1, -0.05) is 6.07 Å². The molecule has 9 heteroatoms. The third-order valence-electron chi connectivity index (χ3n) is 4.52. The van der Waals surface area contributed by atoms with Gasteiger partial charge in [0.15, 0.2) is 0 Å². The van der Waals surface area contributed by atoms with Crippen LogP contribution in [-0.4, -0.2) is 34.0 Å². The Morgan fingerprint density at radius 3 is 2.79 bits per heavy atom. The van der Waals surface area contributed by atoms with E-state index in [0.717, 1.165) is 47.5 Å². The quantitative estimate of drug-likeness (QED) is 0.492. The van der Waals surface area contributed by atoms with E-state index in [9.17, 15) is 4.79 Å². The lowest BCUT2D eigenvalue weighted by molar-refractivity contribution is 0.222. The summed E-state index contributed by atoms with van der Waals surface area (Å²) in [6, 6.07) is 11.2. The smallest absolute Gasteiger partial charge is 0.321 e. The molecule has 3 N–H and O–H groups in total. The molecule has 3 heterocycles. The number of carbonyl (C=O) groups excluding carboxylic acids is 1. The van der Waals surface area contributed by atoms with Gasteiger partial charge < -0.3 is 25.3 Å². The Hall–Kier alpha value is -3.07. The topological polar surface area (TPSA) is 95.3 Å². The first-order chi connectivity index (χ1) is 14.2. The number of amides is 2. The number of hydrogen-bond donors (Lipinski definition) is 3. The summed E-state index contributed by atoms with van der Waals surface area (Å²) in [7, 11) is 0. The molecule has 2 aromatic heterocycles. The highest BCUT2D eigenvalue weighted by Gasteiger charge is 2.17. The first-order valence-electron chi connectivity index (χ1n) is 9.39. The fraction of sp³-hybridized carbons (Fsp3) is 0.250. The van der Waals surface area contributed by atoms with E-state index in [1.54, 1.807) is 12.5 Å². The van der Waals surface area contributed by atoms with Crippen molar-refractivity contribution in [1.29, 1.82) is 0 Å². The second kappa shape index (κ2) is 8.95. The number of aromatic nitrogens is 2. The van der Waals surface area contributed by atoms with E-state index in [1.807, 2.05) is 41.3 Å². The van der Waals surface area contributed by atoms with Crippen LogP contribution in [-0.2, 0) is 6.54 Å². The number of nitrogens with one attached hydrogen (secondary N) is 3. The SMILES string of the molecule is O=C(Nc1cccc(Nc2ncc(Br)c(NCc3ccco3)n2)c1)N1CCCC1. The standard InChI is InChI=1S/C20H21BrN6O2/c21-17-13-23-19(26-18(17)22-12-16-7-4-10-29-16)24-14-5-3-6-15(11-14)25-20(28)27-8-1-2-9-27/h3-7,10-11,13H,1-2,8-9,12H2,(H,25,28)(H2,22,23,24,26). The zero-order valence-corrected chi connectivity index (χ0v) is 17.3. The zero-order valence-electron chi connectivity index (χ0n) is 15.7. The van der Waals surface area contributed by atoms with E-state index in [1.165, 1.54) is 0 Å². The van der Waals surface area contributed by atoms with Crippen LogP contribution in [0.2, 0.25) is 0 Å². The third kappa shape index (κ3) is 5.05. The number of anilines is 4. The fourth-order valence-corrected chi connectivity index (χ4v) is 3.39. The molecule has 0 unspecified atom stereocenters. The summed E-state index contributed by atoms with van der Waals surface area (Å²) in [5, 5.41) is 9.33. The molecule has 1 aliphatic heterocycles. The summed E-state index contributed by atoms with van der Waals surface area (Å²) in [4.78, 5) is 22.9. The largest absolute Gasteiger partial charge is 0.467 e. The van der Waals surface area contributed by atoms with Gasteiger partial charge in [0, 0.05) is 30.7 Å². The molecule has 0 atom stereocenters. The average molecular weight is 457 g/mol. The predicted molar refractivity (Wildman–Crippen MR) is 115 cm³/mol. The number of nitrogens with zero attached hydrogens (tertiary/aromatic N) is 3. The van der Waals surface area contributed by atoms with Crippen LogP contribution in [0.25, 0.3) is 0 Å². The Balaban J connectivity index is 1.42. The van der Waals surface area contributed by atoms with E-state index in [0.29, 0.717) is 18.3 Å². The van der Waals surface area contributed by atoms with Crippen LogP contribution < -0.4 is 16.0 Å². The van der Waals surface area contributed by atoms with Gasteiger partial charge in [-0.2, -0.15) is 4.98 Å². The molecule has 1 saturated heterocycles. The molecule has 4 rings (SSSR count). The van der Waals surface area contributed by atoms with Gasteiger partial charge in [-0.15, -0.1) is 0 Å². The number of hydrogen-bond acceptors (Lipinski definition) is 6. The summed E-state index contributed by atoms with van der Waals surface area (Å²) < 4.78 is 6.08. The average Bonchev–Trinajstić information content (AvgIpc) is 3.43. The molecule has 0 bridgehead atoms. The van der Waals surface area contributed by atoms with Crippen molar-refractivity contribution in [3.8, 4) is 0 Å². The lowest BCUT2D eigenvalue weighted by atomic mass is 10.3. The van der Waals surface area contributed by atoms with Gasteiger partial charge in [-0.05, 0) is 59.1 Å². The number of halogens is 1. The van der Waals surface area contributed by atoms with Gasteiger partial charge in [0.2, 0.25) is 5.95 Å². The van der Waals surface area contributed by atoms with Gasteiger partial charge in [0.25, 0.3) is 0 Å². The van der Waals surface area contributed by atoms with Crippen molar-refractivity contribution < 1.29 is 9.21 Å². The van der Waals surface area contributed by atoms with Gasteiger partial charge in [-0.3, -0.25) is 0 Å². The number of likely N-dealkylation sites (tertiary alicyclic amines) is 1. The van der Waals surface area contributed by atoms with Crippen LogP contribution in [0.3, 0.4) is 0 Å². The van der Waals surface area contributed by atoms with Crippen LogP contribution in [0, 0.1) is 0 Å². The molecule has 1 aliphatic rings. The van der Waals surface area contributed by atoms with E-state index in [-0.39, 0.29) is 6.03 Å². The molecule has 3 aromatic rings. The Kier molecular flexibility index (Phi) is 5.95. The highest BCUT2D eigenvalue weighted by atomic mass is 79.9. The minimum absolute atomic E-state index is 0.0658. The maximum atomic E-state index is 12.3. The minimum atomic E-state index is -0.0658. The molecule has 2 amide bonds. The number of benzene rings is 1. The molecule has 0 aliphatic carbocycles. The van der Waals surface area contributed by atoms with Crippen molar-refractivity contribution in [2.24, 2.45) is 0 Å². The minimum Gasteiger partial charge on any atom is -0.467 e. The van der Waals surface area contributed by atoms with Crippen molar-refractivity contribution in [2.45, 2.75) is 19.4 Å². The normalized spacial score (nSPS) is 13.3. The van der Waals surface area contributed by atoms with Gasteiger partial charge in [-0.25, -0.2) is 9.78 Å². The molecule has 0 saturated carbocycles. The predicted octanol–water partition coefficient (Wildman–Crippen LogP) is 4.82. The summed E-state index contributed by atoms with van der Waals surface area (Å²) >= 11 is 3.45. The molecule has 150 valence electrons. The second-order valence-corrected chi connectivity index (χ2v) is 7.51. The molecule has 0 spiro atoms. The van der Waals surface area contributed by atoms with Gasteiger partial charge in [0.1, 0.15) is 11.6 Å². The molecular formula is C20H21BrN6O2. The van der Waals surface area contributed by atoms with Crippen LogP contribution >= 0.6 is 15.9 Å². The van der Waals surface area contributed by atoms with Crippen molar-refractivity contribution in [1.82, 2.24) is 14.9 Å². The Bertz CT molecular complexity index is 973. The fourth-order valence-electron chi connectivity index (χ4n) is 3.06. The molecule has 29 heavy (non-hydrogen) atoms. The Labute approximate surface area is 176 Å². The van der Waals surface area contributed by atoms with Crippen molar-refractivity contribution in [3.63, 3.8) is 0 Å². The summed E-state index contributed by atoms with van der Waals surface area (Å²) in [6.45, 7) is 2.13. The Morgan fingerprint density at radius 1 is 1.17 bits per heavy atom. The summed E-state index contributed by atoms with van der Waals surface area (Å²) in [5.74, 6) is 1.90. The number of rotatable bonds is 6. The van der Waals surface area contributed by atoms with Crippen molar-refractivity contribution in [2.75, 3.05) is 29.0 Å². The maximum absolute atomic E-state index is 12.3. The van der Waals surface area contributed by atoms with Crippen molar-refractivity contribution >= 4 is 45.1 Å². The first-order valence-corrected chi connectivity index (χ1v) is 10.2. The number of carbonyl (C=O) groups is 1. The lowest BCUT2D eigenvalue weighted by Gasteiger charge is -2.16. The lowest BCUT2D eigenvalue weighted by Crippen LogP contribution is -2.32. The monoisotopic (exact) mass is 456 g/mol. The third-order valence-corrected chi connectivity index (χ3v) is 5.10. The van der Waals surface area contributed by atoms with Gasteiger partial charge >= 0.3 is 6.03 Å². The zero-order chi connectivity index (χ0) is 20.1. The highest BCUT2D eigenvalue weighted by Crippen LogP contribution is 2.24. The van der Waals surface area contributed by atoms with E-state index in [4.69, 9.17) is 4.42 Å². The molecule has 8 nitrogen and oxygen atoms in total. The summed E-state index contributed by atoms with van der Waals surface area (Å²) in [5.41, 5.74) is 1.50. The van der Waals surface area contributed by atoms with Gasteiger partial charge in [0.05, 0.1) is 17.3 Å². The number of urea groups is 1. The maximum Gasteiger partial charge on any atom is 0.321 e. The molecular weight excluding hydrogens is 436 g/mol. The van der Waals surface area contributed by atoms with E-state index < -0.39 is 0 Å². The van der Waals surface area contributed by atoms with E-state index in [2.05, 4.69) is 41.8 Å². The van der Waals surface area contributed by atoms with Crippen molar-refractivity contribution in [3.05, 3.63) is 59.1 Å². The Morgan fingerprint density at radius 2 is 2.00 bits per heavy atom. The summed E-state index contributed by atoms with van der Waals surface area (Å²) in [6.07, 6.45) is 5.44.